The standard InChI is InChI=1S/C14H21NO2/c1-8(16)14-5-10-3-11(6-14)13(15-9(2)17)12(4-10)7-14/h10-13H,3-7H2,1-2H3,(H,15,17). The molecule has 0 heterocycles. The van der Waals surface area contributed by atoms with E-state index in [0.29, 0.717) is 23.7 Å². The molecule has 0 aromatic heterocycles. The molecule has 17 heavy (non-hydrogen) atoms. The molecule has 2 unspecified atom stereocenters. The Balaban J connectivity index is 1.85. The van der Waals surface area contributed by atoms with E-state index in [1.165, 1.54) is 12.8 Å². The summed E-state index contributed by atoms with van der Waals surface area (Å²) in [7, 11) is 0. The van der Waals surface area contributed by atoms with Crippen molar-refractivity contribution in [1.82, 2.24) is 5.32 Å². The highest BCUT2D eigenvalue weighted by molar-refractivity contribution is 5.83. The average molecular weight is 235 g/mol. The SMILES string of the molecule is CC(=O)NC1C2CC3CC1CC(C(C)=O)(C3)C2. The van der Waals surface area contributed by atoms with E-state index in [9.17, 15) is 9.59 Å². The van der Waals surface area contributed by atoms with Crippen molar-refractivity contribution in [2.75, 3.05) is 0 Å². The normalized spacial score (nSPS) is 46.9. The molecule has 0 spiro atoms. The molecule has 0 aromatic carbocycles. The van der Waals surface area contributed by atoms with Crippen LogP contribution in [0.1, 0.15) is 46.0 Å². The predicted octanol–water partition coefficient (Wildman–Crippen LogP) is 1.91. The molecule has 94 valence electrons. The number of rotatable bonds is 2. The molecule has 4 aliphatic carbocycles. The van der Waals surface area contributed by atoms with Crippen molar-refractivity contribution in [1.29, 1.82) is 0 Å². The van der Waals surface area contributed by atoms with Crippen LogP contribution in [0, 0.1) is 23.2 Å². The molecule has 4 saturated carbocycles. The number of hydrogen-bond donors (Lipinski definition) is 1. The minimum Gasteiger partial charge on any atom is -0.353 e. The second-order valence-corrected chi connectivity index (χ2v) is 6.53. The Kier molecular flexibility index (Phi) is 2.36. The highest BCUT2D eigenvalue weighted by Gasteiger charge is 2.57. The van der Waals surface area contributed by atoms with E-state index >= 15 is 0 Å². The van der Waals surface area contributed by atoms with Gasteiger partial charge in [-0.15, -0.1) is 0 Å². The maximum Gasteiger partial charge on any atom is 0.217 e. The van der Waals surface area contributed by atoms with E-state index < -0.39 is 0 Å². The third-order valence-electron chi connectivity index (χ3n) is 5.39. The van der Waals surface area contributed by atoms with Crippen LogP contribution in [0.15, 0.2) is 0 Å². The summed E-state index contributed by atoms with van der Waals surface area (Å²) in [4.78, 5) is 23.2. The van der Waals surface area contributed by atoms with Crippen molar-refractivity contribution in [3.05, 3.63) is 0 Å². The number of ketones is 1. The quantitative estimate of drug-likeness (QED) is 0.794. The van der Waals surface area contributed by atoms with Gasteiger partial charge in [0, 0.05) is 18.4 Å². The van der Waals surface area contributed by atoms with E-state index in [4.69, 9.17) is 0 Å². The van der Waals surface area contributed by atoms with Crippen LogP contribution >= 0.6 is 0 Å². The van der Waals surface area contributed by atoms with Crippen LogP contribution in [0.5, 0.6) is 0 Å². The van der Waals surface area contributed by atoms with Crippen molar-refractivity contribution in [3.63, 3.8) is 0 Å². The first kappa shape index (κ1) is 11.2. The van der Waals surface area contributed by atoms with Crippen LogP contribution in [0.25, 0.3) is 0 Å². The van der Waals surface area contributed by atoms with Crippen LogP contribution in [0.4, 0.5) is 0 Å². The van der Waals surface area contributed by atoms with Gasteiger partial charge in [0.2, 0.25) is 5.91 Å². The molecular weight excluding hydrogens is 214 g/mol. The summed E-state index contributed by atoms with van der Waals surface area (Å²) in [5, 5.41) is 3.13. The van der Waals surface area contributed by atoms with Gasteiger partial charge < -0.3 is 5.32 Å². The lowest BCUT2D eigenvalue weighted by atomic mass is 9.47. The third-order valence-corrected chi connectivity index (χ3v) is 5.39. The van der Waals surface area contributed by atoms with Gasteiger partial charge in [0.15, 0.2) is 0 Å². The van der Waals surface area contributed by atoms with Gasteiger partial charge in [-0.25, -0.2) is 0 Å². The highest BCUT2D eigenvalue weighted by Crippen LogP contribution is 2.60. The van der Waals surface area contributed by atoms with Gasteiger partial charge in [-0.2, -0.15) is 0 Å². The zero-order valence-corrected chi connectivity index (χ0v) is 10.7. The number of carbonyl (C=O) groups excluding carboxylic acids is 2. The fourth-order valence-electron chi connectivity index (χ4n) is 4.93. The highest BCUT2D eigenvalue weighted by atomic mass is 16.1. The van der Waals surface area contributed by atoms with Gasteiger partial charge >= 0.3 is 0 Å². The third kappa shape index (κ3) is 1.62. The van der Waals surface area contributed by atoms with Crippen molar-refractivity contribution in [2.24, 2.45) is 23.2 Å². The van der Waals surface area contributed by atoms with Gasteiger partial charge in [0.05, 0.1) is 0 Å². The summed E-state index contributed by atoms with van der Waals surface area (Å²) in [6, 6.07) is 0.344. The smallest absolute Gasteiger partial charge is 0.217 e. The fourth-order valence-corrected chi connectivity index (χ4v) is 4.93. The van der Waals surface area contributed by atoms with Crippen LogP contribution in [-0.2, 0) is 9.59 Å². The van der Waals surface area contributed by atoms with Crippen molar-refractivity contribution < 1.29 is 9.59 Å². The fraction of sp³-hybridized carbons (Fsp3) is 0.857. The first-order valence-corrected chi connectivity index (χ1v) is 6.78. The molecule has 4 fully saturated rings. The molecule has 0 aromatic rings. The van der Waals surface area contributed by atoms with Crippen molar-refractivity contribution in [3.8, 4) is 0 Å². The number of Topliss-reactive ketones (excluding diaryl/α,β-unsaturated/α-hetero) is 1. The molecular formula is C14H21NO2. The lowest BCUT2D eigenvalue weighted by molar-refractivity contribution is -0.146. The summed E-state index contributed by atoms with van der Waals surface area (Å²) in [6.07, 6.45) is 5.58. The van der Waals surface area contributed by atoms with Crippen LogP contribution in [0.3, 0.4) is 0 Å². The van der Waals surface area contributed by atoms with Gasteiger partial charge in [-0.05, 0) is 56.8 Å². The first-order valence-electron chi connectivity index (χ1n) is 6.78. The lowest BCUT2D eigenvalue weighted by Gasteiger charge is -2.59. The monoisotopic (exact) mass is 235 g/mol. The van der Waals surface area contributed by atoms with E-state index in [0.717, 1.165) is 25.2 Å². The minimum absolute atomic E-state index is 0.0224. The van der Waals surface area contributed by atoms with Crippen LogP contribution < -0.4 is 5.32 Å². The predicted molar refractivity (Wildman–Crippen MR) is 64.3 cm³/mol. The number of hydrogen-bond acceptors (Lipinski definition) is 2. The Bertz CT molecular complexity index is 360. The van der Waals surface area contributed by atoms with Crippen molar-refractivity contribution in [2.45, 2.75) is 52.0 Å². The Morgan fingerprint density at radius 1 is 1.06 bits per heavy atom. The van der Waals surface area contributed by atoms with Gasteiger partial charge in [-0.1, -0.05) is 0 Å². The molecule has 4 rings (SSSR count). The zero-order valence-electron chi connectivity index (χ0n) is 10.7. The molecule has 0 radical (unpaired) electrons. The van der Waals surface area contributed by atoms with Gasteiger partial charge in [-0.3, -0.25) is 9.59 Å². The summed E-state index contributed by atoms with van der Waals surface area (Å²) in [5.74, 6) is 2.31. The Hall–Kier alpha value is -0.860. The second kappa shape index (κ2) is 3.56. The first-order chi connectivity index (χ1) is 8.00. The Labute approximate surface area is 102 Å². The molecule has 3 nitrogen and oxygen atoms in total. The molecule has 0 saturated heterocycles. The number of carbonyl (C=O) groups is 2. The Morgan fingerprint density at radius 2 is 1.65 bits per heavy atom. The molecule has 4 aliphatic rings. The van der Waals surface area contributed by atoms with Crippen molar-refractivity contribution >= 4 is 11.7 Å². The van der Waals surface area contributed by atoms with Crippen LogP contribution in [-0.4, -0.2) is 17.7 Å². The number of nitrogens with one attached hydrogen (secondary N) is 1. The van der Waals surface area contributed by atoms with Crippen LogP contribution in [0.2, 0.25) is 0 Å². The molecule has 3 heteroatoms. The Morgan fingerprint density at radius 3 is 2.12 bits per heavy atom. The van der Waals surface area contributed by atoms with Gasteiger partial charge in [0.1, 0.15) is 5.78 Å². The largest absolute Gasteiger partial charge is 0.353 e. The molecule has 1 N–H and O–H groups in total. The average Bonchev–Trinajstić information content (AvgIpc) is 2.22. The molecule has 4 bridgehead atoms. The summed E-state index contributed by atoms with van der Waals surface area (Å²) in [5.41, 5.74) is -0.0224. The number of amides is 1. The maximum absolute atomic E-state index is 11.9. The van der Waals surface area contributed by atoms with Gasteiger partial charge in [0.25, 0.3) is 0 Å². The maximum atomic E-state index is 11.9. The van der Waals surface area contributed by atoms with E-state index in [2.05, 4.69) is 5.32 Å². The lowest BCUT2D eigenvalue weighted by Crippen LogP contribution is -2.60. The van der Waals surface area contributed by atoms with E-state index in [1.54, 1.807) is 13.8 Å². The van der Waals surface area contributed by atoms with E-state index in [-0.39, 0.29) is 11.3 Å². The summed E-state index contributed by atoms with van der Waals surface area (Å²) < 4.78 is 0. The second-order valence-electron chi connectivity index (χ2n) is 6.53. The summed E-state index contributed by atoms with van der Waals surface area (Å²) in [6.45, 7) is 3.37. The molecule has 0 aliphatic heterocycles. The zero-order chi connectivity index (χ0) is 12.2. The molecule has 2 atom stereocenters. The summed E-state index contributed by atoms with van der Waals surface area (Å²) >= 11 is 0. The topological polar surface area (TPSA) is 46.2 Å². The molecule has 1 amide bonds. The minimum atomic E-state index is -0.0224. The van der Waals surface area contributed by atoms with E-state index in [1.807, 2.05) is 0 Å².